The second kappa shape index (κ2) is 7.65. The van der Waals surface area contributed by atoms with Crippen LogP contribution in [0.15, 0.2) is 41.0 Å². The third kappa shape index (κ3) is 3.56. The van der Waals surface area contributed by atoms with Gasteiger partial charge in [0.1, 0.15) is 28.4 Å². The Labute approximate surface area is 174 Å². The lowest BCUT2D eigenvalue weighted by molar-refractivity contribution is -0.126. The summed E-state index contributed by atoms with van der Waals surface area (Å²) in [6, 6.07) is 5.82. The lowest BCUT2D eigenvalue weighted by Crippen LogP contribution is -2.42. The molecule has 0 saturated carbocycles. The zero-order valence-electron chi connectivity index (χ0n) is 14.8. The summed E-state index contributed by atoms with van der Waals surface area (Å²) >= 11 is 12.0. The number of anilines is 1. The molecule has 0 spiro atoms. The molecule has 29 heavy (non-hydrogen) atoms. The summed E-state index contributed by atoms with van der Waals surface area (Å²) < 4.78 is 33.3. The van der Waals surface area contributed by atoms with Crippen LogP contribution in [0.4, 0.5) is 14.5 Å². The minimum atomic E-state index is -0.863. The molecule has 4 rings (SSSR count). The molecule has 3 aromatic rings. The van der Waals surface area contributed by atoms with Gasteiger partial charge in [0.2, 0.25) is 11.8 Å². The Morgan fingerprint density at radius 2 is 1.93 bits per heavy atom. The number of benzene rings is 2. The molecule has 1 aliphatic heterocycles. The quantitative estimate of drug-likeness (QED) is 0.652. The molecule has 5 nitrogen and oxygen atoms in total. The molecule has 1 fully saturated rings. The molecule has 150 valence electrons. The molecule has 2 heterocycles. The van der Waals surface area contributed by atoms with E-state index in [1.54, 1.807) is 12.1 Å². The number of nitrogens with one attached hydrogen (secondary N) is 1. The lowest BCUT2D eigenvalue weighted by Gasteiger charge is -2.18. The number of carbonyl (C=O) groups excluding carboxylic acids is 2. The standard InChI is InChI=1S/C20H14Cl2F2N2O3/c21-12-5-4-11-10(9-29-19(11)17(12)22)8-16(27)25-15-6-7-26(20(15)28)18-13(23)2-1-3-14(18)24/h1-5,9,15H,6-8H2,(H,25,27). The molecule has 2 amide bonds. The van der Waals surface area contributed by atoms with E-state index in [2.05, 4.69) is 5.32 Å². The highest BCUT2D eigenvalue weighted by molar-refractivity contribution is 6.44. The zero-order valence-corrected chi connectivity index (χ0v) is 16.4. The smallest absolute Gasteiger partial charge is 0.249 e. The monoisotopic (exact) mass is 438 g/mol. The van der Waals surface area contributed by atoms with Crippen LogP contribution in [-0.4, -0.2) is 24.4 Å². The third-order valence-corrected chi connectivity index (χ3v) is 5.60. The van der Waals surface area contributed by atoms with Gasteiger partial charge < -0.3 is 14.6 Å². The van der Waals surface area contributed by atoms with Crippen molar-refractivity contribution in [2.45, 2.75) is 18.9 Å². The summed E-state index contributed by atoms with van der Waals surface area (Å²) in [5.41, 5.74) is 0.556. The number of hydrogen-bond acceptors (Lipinski definition) is 3. The van der Waals surface area contributed by atoms with E-state index in [1.165, 1.54) is 12.3 Å². The number of para-hydroxylation sites is 1. The van der Waals surface area contributed by atoms with E-state index in [0.717, 1.165) is 17.0 Å². The number of furan rings is 1. The molecular formula is C20H14Cl2F2N2O3. The highest BCUT2D eigenvalue weighted by atomic mass is 35.5. The van der Waals surface area contributed by atoms with Gasteiger partial charge in [-0.25, -0.2) is 8.78 Å². The van der Waals surface area contributed by atoms with Gasteiger partial charge in [-0.1, -0.05) is 29.3 Å². The van der Waals surface area contributed by atoms with Crippen molar-refractivity contribution < 1.29 is 22.8 Å². The van der Waals surface area contributed by atoms with Gasteiger partial charge in [0, 0.05) is 17.5 Å². The van der Waals surface area contributed by atoms with E-state index >= 15 is 0 Å². The van der Waals surface area contributed by atoms with Crippen LogP contribution in [0.3, 0.4) is 0 Å². The number of amides is 2. The number of halogens is 4. The number of nitrogens with zero attached hydrogens (tertiary/aromatic N) is 1. The summed E-state index contributed by atoms with van der Waals surface area (Å²) in [5, 5.41) is 3.85. The van der Waals surface area contributed by atoms with Gasteiger partial charge in [0.05, 0.1) is 17.7 Å². The number of hydrogen-bond donors (Lipinski definition) is 1. The Bertz CT molecular complexity index is 1110. The van der Waals surface area contributed by atoms with E-state index in [4.69, 9.17) is 27.6 Å². The van der Waals surface area contributed by atoms with Crippen LogP contribution in [0.2, 0.25) is 10.0 Å². The van der Waals surface area contributed by atoms with Crippen molar-refractivity contribution in [1.29, 1.82) is 0 Å². The van der Waals surface area contributed by atoms with Crippen molar-refractivity contribution in [3.05, 3.63) is 63.8 Å². The Morgan fingerprint density at radius 3 is 2.66 bits per heavy atom. The first-order valence-corrected chi connectivity index (χ1v) is 9.51. The second-order valence-corrected chi connectivity index (χ2v) is 7.43. The summed E-state index contributed by atoms with van der Waals surface area (Å²) in [4.78, 5) is 26.0. The van der Waals surface area contributed by atoms with Crippen LogP contribution in [0.25, 0.3) is 11.0 Å². The van der Waals surface area contributed by atoms with E-state index in [1.807, 2.05) is 0 Å². The third-order valence-electron chi connectivity index (χ3n) is 4.81. The average molecular weight is 439 g/mol. The predicted molar refractivity (Wildman–Crippen MR) is 105 cm³/mol. The van der Waals surface area contributed by atoms with Gasteiger partial charge in [0.15, 0.2) is 5.58 Å². The minimum Gasteiger partial charge on any atom is -0.462 e. The summed E-state index contributed by atoms with van der Waals surface area (Å²) in [5.74, 6) is -2.64. The largest absolute Gasteiger partial charge is 0.462 e. The Hall–Kier alpha value is -2.64. The summed E-state index contributed by atoms with van der Waals surface area (Å²) in [7, 11) is 0. The first-order chi connectivity index (χ1) is 13.9. The van der Waals surface area contributed by atoms with Crippen LogP contribution < -0.4 is 10.2 Å². The maximum atomic E-state index is 14.0. The van der Waals surface area contributed by atoms with Crippen molar-refractivity contribution in [3.8, 4) is 0 Å². The molecule has 1 saturated heterocycles. The first-order valence-electron chi connectivity index (χ1n) is 8.75. The topological polar surface area (TPSA) is 62.6 Å². The number of carbonyl (C=O) groups is 2. The normalized spacial score (nSPS) is 16.6. The van der Waals surface area contributed by atoms with E-state index < -0.39 is 35.2 Å². The lowest BCUT2D eigenvalue weighted by atomic mass is 10.1. The Balaban J connectivity index is 1.47. The average Bonchev–Trinajstić information content (AvgIpc) is 3.23. The highest BCUT2D eigenvalue weighted by Gasteiger charge is 2.36. The molecule has 1 unspecified atom stereocenters. The van der Waals surface area contributed by atoms with Gasteiger partial charge in [-0.2, -0.15) is 0 Å². The minimum absolute atomic E-state index is 0.0528. The molecule has 1 aromatic heterocycles. The van der Waals surface area contributed by atoms with Crippen molar-refractivity contribution in [2.75, 3.05) is 11.4 Å². The van der Waals surface area contributed by atoms with E-state index in [-0.39, 0.29) is 24.4 Å². The van der Waals surface area contributed by atoms with Gasteiger partial charge in [-0.05, 0) is 30.7 Å². The molecule has 1 aliphatic rings. The maximum Gasteiger partial charge on any atom is 0.249 e. The van der Waals surface area contributed by atoms with Gasteiger partial charge in [0.25, 0.3) is 0 Å². The molecule has 1 atom stereocenters. The highest BCUT2D eigenvalue weighted by Crippen LogP contribution is 2.34. The molecule has 2 aromatic carbocycles. The van der Waals surface area contributed by atoms with Crippen molar-refractivity contribution in [2.24, 2.45) is 0 Å². The summed E-state index contributed by atoms with van der Waals surface area (Å²) in [6.45, 7) is 0.102. The van der Waals surface area contributed by atoms with Crippen molar-refractivity contribution in [3.63, 3.8) is 0 Å². The molecule has 0 aliphatic carbocycles. The van der Waals surface area contributed by atoms with Crippen LogP contribution in [0, 0.1) is 11.6 Å². The first kappa shape index (κ1) is 19.7. The molecule has 0 bridgehead atoms. The molecule has 9 heteroatoms. The van der Waals surface area contributed by atoms with E-state index in [9.17, 15) is 18.4 Å². The predicted octanol–water partition coefficient (Wildman–Crippen LogP) is 4.48. The molecule has 0 radical (unpaired) electrons. The zero-order chi connectivity index (χ0) is 20.7. The fourth-order valence-corrected chi connectivity index (χ4v) is 3.79. The molecular weight excluding hydrogens is 425 g/mol. The van der Waals surface area contributed by atoms with Crippen molar-refractivity contribution >= 4 is 51.7 Å². The van der Waals surface area contributed by atoms with Gasteiger partial charge >= 0.3 is 0 Å². The number of rotatable bonds is 4. The van der Waals surface area contributed by atoms with Crippen LogP contribution in [0.1, 0.15) is 12.0 Å². The fraction of sp³-hybridized carbons (Fsp3) is 0.200. The fourth-order valence-electron chi connectivity index (χ4n) is 3.43. The van der Waals surface area contributed by atoms with Crippen molar-refractivity contribution in [1.82, 2.24) is 5.32 Å². The Kier molecular flexibility index (Phi) is 5.19. The SMILES string of the molecule is O=C(Cc1coc2c(Cl)c(Cl)ccc12)NC1CCN(c2c(F)cccc2F)C1=O. The van der Waals surface area contributed by atoms with Crippen LogP contribution >= 0.6 is 23.2 Å². The van der Waals surface area contributed by atoms with E-state index in [0.29, 0.717) is 21.6 Å². The van der Waals surface area contributed by atoms with Gasteiger partial charge in [-0.15, -0.1) is 0 Å². The van der Waals surface area contributed by atoms with Crippen LogP contribution in [0.5, 0.6) is 0 Å². The van der Waals surface area contributed by atoms with Gasteiger partial charge in [-0.3, -0.25) is 9.59 Å². The van der Waals surface area contributed by atoms with Crippen LogP contribution in [-0.2, 0) is 16.0 Å². The number of fused-ring (bicyclic) bond motifs is 1. The summed E-state index contributed by atoms with van der Waals surface area (Å²) in [6.07, 6.45) is 1.60. The maximum absolute atomic E-state index is 14.0. The second-order valence-electron chi connectivity index (χ2n) is 6.64. The molecule has 1 N–H and O–H groups in total. The Morgan fingerprint density at radius 1 is 1.21 bits per heavy atom.